The second-order valence-electron chi connectivity index (χ2n) is 4.18. The summed E-state index contributed by atoms with van der Waals surface area (Å²) in [5.74, 6) is -1.11. The summed E-state index contributed by atoms with van der Waals surface area (Å²) in [5, 5.41) is 15.6. The van der Waals surface area contributed by atoms with Gasteiger partial charge >= 0.3 is 5.97 Å². The van der Waals surface area contributed by atoms with Gasteiger partial charge in [-0.15, -0.1) is 11.3 Å². The zero-order chi connectivity index (χ0) is 14.8. The fourth-order valence-corrected chi connectivity index (χ4v) is 2.16. The summed E-state index contributed by atoms with van der Waals surface area (Å²) in [6.07, 6.45) is 1.45. The number of unbranched alkanes of at least 4 members (excludes halogenated alkanes) is 1. The van der Waals surface area contributed by atoms with Crippen LogP contribution >= 0.6 is 11.3 Å². The predicted octanol–water partition coefficient (Wildman–Crippen LogP) is 1.24. The van der Waals surface area contributed by atoms with Crippen LogP contribution in [0.5, 0.6) is 0 Å². The number of carbonyl (C=O) groups excluding carboxylic acids is 2. The van der Waals surface area contributed by atoms with Crippen molar-refractivity contribution in [1.82, 2.24) is 10.6 Å². The van der Waals surface area contributed by atoms with Crippen LogP contribution < -0.4 is 10.6 Å². The maximum absolute atomic E-state index is 11.6. The molecule has 1 rings (SSSR count). The van der Waals surface area contributed by atoms with Crippen LogP contribution in [-0.4, -0.2) is 36.0 Å². The number of hydrogen-bond acceptors (Lipinski definition) is 4. The molecule has 0 atom stereocenters. The third-order valence-corrected chi connectivity index (χ3v) is 3.39. The molecule has 0 saturated heterocycles. The number of hydrogen-bond donors (Lipinski definition) is 3. The molecule has 0 saturated carbocycles. The quantitative estimate of drug-likeness (QED) is 0.598. The standard InChI is InChI=1S/C13H18N2O4S/c16-11(5-1-2-6-12(17)18)14-7-8-15-13(19)10-4-3-9-20-10/h3-4,9H,1-2,5-8H2,(H,14,16)(H,15,19)(H,17,18). The normalized spacial score (nSPS) is 10.0. The van der Waals surface area contributed by atoms with E-state index in [9.17, 15) is 14.4 Å². The molecule has 0 aliphatic rings. The largest absolute Gasteiger partial charge is 0.481 e. The molecule has 1 aromatic rings. The molecule has 0 aliphatic carbocycles. The van der Waals surface area contributed by atoms with E-state index < -0.39 is 5.97 Å². The molecule has 3 N–H and O–H groups in total. The smallest absolute Gasteiger partial charge is 0.303 e. The molecule has 7 heteroatoms. The van der Waals surface area contributed by atoms with Crippen molar-refractivity contribution < 1.29 is 19.5 Å². The van der Waals surface area contributed by atoms with Gasteiger partial charge in [0.05, 0.1) is 4.88 Å². The van der Waals surface area contributed by atoms with Crippen molar-refractivity contribution in [3.63, 3.8) is 0 Å². The summed E-state index contributed by atoms with van der Waals surface area (Å²) in [4.78, 5) is 33.9. The molecule has 0 radical (unpaired) electrons. The molecular weight excluding hydrogens is 280 g/mol. The fourth-order valence-electron chi connectivity index (χ4n) is 1.52. The van der Waals surface area contributed by atoms with Gasteiger partial charge in [-0.2, -0.15) is 0 Å². The second kappa shape index (κ2) is 9.08. The van der Waals surface area contributed by atoms with E-state index in [4.69, 9.17) is 5.11 Å². The van der Waals surface area contributed by atoms with Gasteiger partial charge in [0.15, 0.2) is 0 Å². The number of aliphatic carboxylic acids is 1. The highest BCUT2D eigenvalue weighted by atomic mass is 32.1. The highest BCUT2D eigenvalue weighted by Crippen LogP contribution is 2.07. The summed E-state index contributed by atoms with van der Waals surface area (Å²) in [6, 6.07) is 3.54. The lowest BCUT2D eigenvalue weighted by molar-refractivity contribution is -0.137. The highest BCUT2D eigenvalue weighted by Gasteiger charge is 2.06. The van der Waals surface area contributed by atoms with E-state index in [0.29, 0.717) is 37.2 Å². The van der Waals surface area contributed by atoms with Crippen LogP contribution in [-0.2, 0) is 9.59 Å². The fraction of sp³-hybridized carbons (Fsp3) is 0.462. The minimum atomic E-state index is -0.846. The van der Waals surface area contributed by atoms with E-state index in [1.165, 1.54) is 11.3 Å². The van der Waals surface area contributed by atoms with Crippen molar-refractivity contribution >= 4 is 29.1 Å². The molecule has 0 aromatic carbocycles. The van der Waals surface area contributed by atoms with Gasteiger partial charge in [0, 0.05) is 25.9 Å². The molecule has 1 heterocycles. The number of thiophene rings is 1. The Balaban J connectivity index is 2.02. The maximum atomic E-state index is 11.6. The monoisotopic (exact) mass is 298 g/mol. The van der Waals surface area contributed by atoms with E-state index in [2.05, 4.69) is 10.6 Å². The lowest BCUT2D eigenvalue weighted by Crippen LogP contribution is -2.34. The molecule has 0 bridgehead atoms. The van der Waals surface area contributed by atoms with Crippen LogP contribution in [0.15, 0.2) is 17.5 Å². The SMILES string of the molecule is O=C(O)CCCCC(=O)NCCNC(=O)c1cccs1. The topological polar surface area (TPSA) is 95.5 Å². The summed E-state index contributed by atoms with van der Waals surface area (Å²) in [5.41, 5.74) is 0. The lowest BCUT2D eigenvalue weighted by atomic mass is 10.2. The van der Waals surface area contributed by atoms with Crippen molar-refractivity contribution in [1.29, 1.82) is 0 Å². The molecular formula is C13H18N2O4S. The van der Waals surface area contributed by atoms with Crippen LogP contribution in [0.3, 0.4) is 0 Å². The molecule has 0 aliphatic heterocycles. The Kier molecular flexibility index (Phi) is 7.34. The van der Waals surface area contributed by atoms with Crippen LogP contribution in [0.1, 0.15) is 35.4 Å². The first-order valence-corrected chi connectivity index (χ1v) is 7.28. The van der Waals surface area contributed by atoms with Crippen molar-refractivity contribution in [2.45, 2.75) is 25.7 Å². The molecule has 0 unspecified atom stereocenters. The van der Waals surface area contributed by atoms with Crippen molar-refractivity contribution in [2.24, 2.45) is 0 Å². The van der Waals surface area contributed by atoms with Crippen molar-refractivity contribution in [2.75, 3.05) is 13.1 Å². The van der Waals surface area contributed by atoms with Crippen LogP contribution in [0.25, 0.3) is 0 Å². The average molecular weight is 298 g/mol. The zero-order valence-electron chi connectivity index (χ0n) is 11.1. The molecule has 2 amide bonds. The van der Waals surface area contributed by atoms with E-state index >= 15 is 0 Å². The summed E-state index contributed by atoms with van der Waals surface area (Å²) >= 11 is 1.36. The second-order valence-corrected chi connectivity index (χ2v) is 5.13. The number of carboxylic acids is 1. The lowest BCUT2D eigenvalue weighted by Gasteiger charge is -2.06. The first kappa shape index (κ1) is 16.2. The van der Waals surface area contributed by atoms with Gasteiger partial charge in [0.2, 0.25) is 5.91 Å². The van der Waals surface area contributed by atoms with Crippen LogP contribution in [0.4, 0.5) is 0 Å². The van der Waals surface area contributed by atoms with Gasteiger partial charge in [-0.3, -0.25) is 14.4 Å². The minimum absolute atomic E-state index is 0.0875. The Bertz CT molecular complexity index is 445. The van der Waals surface area contributed by atoms with Gasteiger partial charge in [0.1, 0.15) is 0 Å². The predicted molar refractivity (Wildman–Crippen MR) is 75.8 cm³/mol. The Morgan fingerprint density at radius 1 is 1.10 bits per heavy atom. The van der Waals surface area contributed by atoms with Gasteiger partial charge in [0.25, 0.3) is 5.91 Å². The van der Waals surface area contributed by atoms with E-state index in [-0.39, 0.29) is 18.2 Å². The average Bonchev–Trinajstić information content (AvgIpc) is 2.93. The molecule has 110 valence electrons. The molecule has 1 aromatic heterocycles. The van der Waals surface area contributed by atoms with Crippen LogP contribution in [0.2, 0.25) is 0 Å². The number of carboxylic acid groups (broad SMARTS) is 1. The first-order valence-electron chi connectivity index (χ1n) is 6.40. The Hall–Kier alpha value is -1.89. The maximum Gasteiger partial charge on any atom is 0.303 e. The molecule has 0 fully saturated rings. The van der Waals surface area contributed by atoms with Gasteiger partial charge in [-0.05, 0) is 24.3 Å². The Labute approximate surface area is 121 Å². The Morgan fingerprint density at radius 2 is 1.80 bits per heavy atom. The molecule has 0 spiro atoms. The third kappa shape index (κ3) is 6.89. The highest BCUT2D eigenvalue weighted by molar-refractivity contribution is 7.12. The summed E-state index contributed by atoms with van der Waals surface area (Å²) in [6.45, 7) is 0.743. The zero-order valence-corrected chi connectivity index (χ0v) is 11.9. The van der Waals surface area contributed by atoms with Crippen molar-refractivity contribution in [3.8, 4) is 0 Å². The summed E-state index contributed by atoms with van der Waals surface area (Å²) in [7, 11) is 0. The molecule has 20 heavy (non-hydrogen) atoms. The summed E-state index contributed by atoms with van der Waals surface area (Å²) < 4.78 is 0. The van der Waals surface area contributed by atoms with E-state index in [0.717, 1.165) is 0 Å². The minimum Gasteiger partial charge on any atom is -0.481 e. The number of rotatable bonds is 9. The van der Waals surface area contributed by atoms with Crippen LogP contribution in [0, 0.1) is 0 Å². The van der Waals surface area contributed by atoms with Crippen molar-refractivity contribution in [3.05, 3.63) is 22.4 Å². The van der Waals surface area contributed by atoms with E-state index in [1.807, 2.05) is 5.38 Å². The van der Waals surface area contributed by atoms with E-state index in [1.54, 1.807) is 12.1 Å². The first-order chi connectivity index (χ1) is 9.59. The number of carbonyl (C=O) groups is 3. The Morgan fingerprint density at radius 3 is 2.45 bits per heavy atom. The number of amides is 2. The van der Waals surface area contributed by atoms with Gasteiger partial charge in [-0.25, -0.2) is 0 Å². The third-order valence-electron chi connectivity index (χ3n) is 2.52. The molecule has 6 nitrogen and oxygen atoms in total. The number of nitrogens with one attached hydrogen (secondary N) is 2. The van der Waals surface area contributed by atoms with Gasteiger partial charge in [-0.1, -0.05) is 6.07 Å². The van der Waals surface area contributed by atoms with Gasteiger partial charge < -0.3 is 15.7 Å².